The van der Waals surface area contributed by atoms with Gasteiger partial charge in [-0.05, 0) is 85.2 Å². The molecule has 0 radical (unpaired) electrons. The Morgan fingerprint density at radius 3 is 2.45 bits per heavy atom. The van der Waals surface area contributed by atoms with Gasteiger partial charge < -0.3 is 20.1 Å². The maximum Gasteiger partial charge on any atom is 0.326 e. The van der Waals surface area contributed by atoms with Gasteiger partial charge in [0.25, 0.3) is 5.91 Å². The van der Waals surface area contributed by atoms with Crippen molar-refractivity contribution < 1.29 is 19.4 Å². The summed E-state index contributed by atoms with van der Waals surface area (Å²) >= 11 is 1.57. The summed E-state index contributed by atoms with van der Waals surface area (Å²) in [4.78, 5) is 27.6. The molecule has 0 heterocycles. The van der Waals surface area contributed by atoms with Crippen LogP contribution in [0.15, 0.2) is 42.5 Å². The van der Waals surface area contributed by atoms with Gasteiger partial charge in [-0.25, -0.2) is 4.79 Å². The average molecular weight is 569 g/mol. The molecule has 1 amide bonds. The van der Waals surface area contributed by atoms with Gasteiger partial charge in [0, 0.05) is 12.1 Å². The quantitative estimate of drug-likeness (QED) is 0.232. The first kappa shape index (κ1) is 32.2. The van der Waals surface area contributed by atoms with Gasteiger partial charge in [0.1, 0.15) is 6.04 Å². The van der Waals surface area contributed by atoms with E-state index in [0.29, 0.717) is 24.3 Å². The normalized spacial score (nSPS) is 15.6. The molecule has 0 saturated heterocycles. The van der Waals surface area contributed by atoms with Crippen LogP contribution in [0.3, 0.4) is 0 Å². The fourth-order valence-corrected chi connectivity index (χ4v) is 6.15. The van der Waals surface area contributed by atoms with Gasteiger partial charge >= 0.3 is 5.97 Å². The SMILES string of the molecule is CCN(CC)CC(CC1CCCCC1)OCc1ccc(C(=O)N[C@@H](CCSC)C(=O)O)c(-c2ccccc2C)c1. The van der Waals surface area contributed by atoms with Crippen LogP contribution in [0.5, 0.6) is 0 Å². The van der Waals surface area contributed by atoms with Crippen LogP contribution < -0.4 is 5.32 Å². The van der Waals surface area contributed by atoms with Crippen molar-refractivity contribution in [2.45, 2.75) is 84.5 Å². The first-order valence-electron chi connectivity index (χ1n) is 14.9. The zero-order chi connectivity index (χ0) is 28.9. The molecule has 0 aliphatic heterocycles. The van der Waals surface area contributed by atoms with Crippen LogP contribution >= 0.6 is 11.8 Å². The Labute approximate surface area is 245 Å². The highest BCUT2D eigenvalue weighted by atomic mass is 32.2. The Hall–Kier alpha value is -2.35. The third-order valence-corrected chi connectivity index (χ3v) is 8.78. The fourth-order valence-electron chi connectivity index (χ4n) is 5.68. The minimum atomic E-state index is -1.01. The number of likely N-dealkylation sites (N-methyl/N-ethyl adjacent to an activating group) is 1. The monoisotopic (exact) mass is 568 g/mol. The summed E-state index contributed by atoms with van der Waals surface area (Å²) in [5, 5.41) is 12.4. The largest absolute Gasteiger partial charge is 0.480 e. The van der Waals surface area contributed by atoms with Crippen molar-refractivity contribution in [3.8, 4) is 11.1 Å². The minimum absolute atomic E-state index is 0.167. The van der Waals surface area contributed by atoms with Crippen molar-refractivity contribution in [2.24, 2.45) is 5.92 Å². The lowest BCUT2D eigenvalue weighted by Crippen LogP contribution is -2.41. The molecule has 2 aromatic carbocycles. The number of nitrogens with zero attached hydrogens (tertiary/aromatic N) is 1. The number of carboxylic acid groups (broad SMARTS) is 1. The number of benzene rings is 2. The zero-order valence-corrected chi connectivity index (χ0v) is 25.6. The molecule has 1 aliphatic rings. The predicted molar refractivity (Wildman–Crippen MR) is 166 cm³/mol. The van der Waals surface area contributed by atoms with Gasteiger partial charge in [-0.1, -0.05) is 76.3 Å². The molecule has 2 N–H and O–H groups in total. The van der Waals surface area contributed by atoms with Gasteiger partial charge in [-0.3, -0.25) is 4.79 Å². The number of amides is 1. The van der Waals surface area contributed by atoms with Crippen LogP contribution in [0.25, 0.3) is 11.1 Å². The molecule has 1 fully saturated rings. The summed E-state index contributed by atoms with van der Waals surface area (Å²) in [6, 6.07) is 12.9. The van der Waals surface area contributed by atoms with Crippen molar-refractivity contribution in [3.63, 3.8) is 0 Å². The number of nitrogens with one attached hydrogen (secondary N) is 1. The molecule has 1 saturated carbocycles. The second-order valence-electron chi connectivity index (χ2n) is 11.0. The number of thioether (sulfide) groups is 1. The highest BCUT2D eigenvalue weighted by Gasteiger charge is 2.24. The Morgan fingerprint density at radius 1 is 1.07 bits per heavy atom. The molecule has 1 aliphatic carbocycles. The molecule has 6 nitrogen and oxygen atoms in total. The number of hydrogen-bond acceptors (Lipinski definition) is 5. The number of aliphatic carboxylic acids is 1. The number of rotatable bonds is 16. The zero-order valence-electron chi connectivity index (χ0n) is 24.8. The van der Waals surface area contributed by atoms with Crippen molar-refractivity contribution >= 4 is 23.6 Å². The molecule has 1 unspecified atom stereocenters. The van der Waals surface area contributed by atoms with Crippen LogP contribution in [0.2, 0.25) is 0 Å². The van der Waals surface area contributed by atoms with Crippen LogP contribution in [0.1, 0.15) is 80.3 Å². The van der Waals surface area contributed by atoms with Crippen LogP contribution in [-0.4, -0.2) is 65.7 Å². The molecule has 0 bridgehead atoms. The summed E-state index contributed by atoms with van der Waals surface area (Å²) in [7, 11) is 0. The molecule has 7 heteroatoms. The summed E-state index contributed by atoms with van der Waals surface area (Å²) < 4.78 is 6.60. The standard InChI is InChI=1S/C33H48N2O4S/c1-5-35(6-2)22-27(20-25-13-8-7-9-14-25)39-23-26-16-17-29(30(21-26)28-15-11-10-12-24(28)3)32(36)34-31(33(37)38)18-19-40-4/h10-12,15-17,21,25,27,31H,5-9,13-14,18-20,22-23H2,1-4H3,(H,34,36)(H,37,38)/t27?,31-/m0/s1. The Bertz CT molecular complexity index is 1080. The van der Waals surface area contributed by atoms with E-state index in [1.54, 1.807) is 11.8 Å². The second kappa shape index (κ2) is 16.8. The highest BCUT2D eigenvalue weighted by molar-refractivity contribution is 7.98. The van der Waals surface area contributed by atoms with Crippen molar-refractivity contribution in [1.29, 1.82) is 0 Å². The van der Waals surface area contributed by atoms with E-state index in [1.807, 2.05) is 55.6 Å². The van der Waals surface area contributed by atoms with E-state index < -0.39 is 12.0 Å². The van der Waals surface area contributed by atoms with E-state index in [2.05, 4.69) is 24.1 Å². The smallest absolute Gasteiger partial charge is 0.326 e. The fraction of sp³-hybridized carbons (Fsp3) is 0.576. The van der Waals surface area contributed by atoms with Crippen LogP contribution in [-0.2, 0) is 16.1 Å². The van der Waals surface area contributed by atoms with Crippen molar-refractivity contribution in [3.05, 3.63) is 59.2 Å². The Morgan fingerprint density at radius 2 is 1.80 bits per heavy atom. The van der Waals surface area contributed by atoms with E-state index in [4.69, 9.17) is 4.74 Å². The maximum absolute atomic E-state index is 13.4. The molecule has 40 heavy (non-hydrogen) atoms. The Balaban J connectivity index is 1.84. The molecule has 3 rings (SSSR count). The van der Waals surface area contributed by atoms with Crippen molar-refractivity contribution in [1.82, 2.24) is 10.2 Å². The summed E-state index contributed by atoms with van der Waals surface area (Å²) in [5.74, 6) is 0.0162. The highest BCUT2D eigenvalue weighted by Crippen LogP contribution is 2.31. The molecular weight excluding hydrogens is 520 g/mol. The van der Waals surface area contributed by atoms with Gasteiger partial charge in [0.05, 0.1) is 12.7 Å². The van der Waals surface area contributed by atoms with E-state index in [-0.39, 0.29) is 12.0 Å². The van der Waals surface area contributed by atoms with Gasteiger partial charge in [0.2, 0.25) is 0 Å². The first-order chi connectivity index (χ1) is 19.4. The lowest BCUT2D eigenvalue weighted by molar-refractivity contribution is -0.139. The molecule has 0 aromatic heterocycles. The number of carboxylic acids is 1. The molecule has 220 valence electrons. The lowest BCUT2D eigenvalue weighted by Gasteiger charge is -2.30. The van der Waals surface area contributed by atoms with E-state index in [0.717, 1.165) is 54.2 Å². The maximum atomic E-state index is 13.4. The minimum Gasteiger partial charge on any atom is -0.480 e. The van der Waals surface area contributed by atoms with E-state index in [1.165, 1.54) is 32.1 Å². The van der Waals surface area contributed by atoms with Gasteiger partial charge in [-0.2, -0.15) is 11.8 Å². The van der Waals surface area contributed by atoms with Gasteiger partial charge in [0.15, 0.2) is 0 Å². The van der Waals surface area contributed by atoms with Crippen LogP contribution in [0.4, 0.5) is 0 Å². The second-order valence-corrected chi connectivity index (χ2v) is 12.0. The number of hydrogen-bond donors (Lipinski definition) is 2. The Kier molecular flexibility index (Phi) is 13.5. The summed E-state index contributed by atoms with van der Waals surface area (Å²) in [6.07, 6.45) is 10.2. The van der Waals surface area contributed by atoms with Gasteiger partial charge in [-0.15, -0.1) is 0 Å². The topological polar surface area (TPSA) is 78.9 Å². The molecule has 2 aromatic rings. The van der Waals surface area contributed by atoms with E-state index in [9.17, 15) is 14.7 Å². The third-order valence-electron chi connectivity index (χ3n) is 8.14. The number of carbonyl (C=O) groups is 2. The molecular formula is C33H48N2O4S. The summed E-state index contributed by atoms with van der Waals surface area (Å²) in [5.41, 5.74) is 4.32. The number of ether oxygens (including phenoxy) is 1. The molecule has 2 atom stereocenters. The number of carbonyl (C=O) groups excluding carboxylic acids is 1. The number of aryl methyl sites for hydroxylation is 1. The molecule has 0 spiro atoms. The lowest BCUT2D eigenvalue weighted by atomic mass is 9.85. The average Bonchev–Trinajstić information content (AvgIpc) is 2.97. The summed E-state index contributed by atoms with van der Waals surface area (Å²) in [6.45, 7) is 9.87. The van der Waals surface area contributed by atoms with Crippen LogP contribution in [0, 0.1) is 12.8 Å². The van der Waals surface area contributed by atoms with E-state index >= 15 is 0 Å². The predicted octanol–water partition coefficient (Wildman–Crippen LogP) is 6.80. The first-order valence-corrected chi connectivity index (χ1v) is 16.3. The third kappa shape index (κ3) is 9.64. The van der Waals surface area contributed by atoms with Crippen molar-refractivity contribution in [2.75, 3.05) is 31.6 Å².